The third-order valence-electron chi connectivity index (χ3n) is 2.61. The fourth-order valence-electron chi connectivity index (χ4n) is 1.61. The fourth-order valence-corrected chi connectivity index (χ4v) is 1.61. The first-order valence-corrected chi connectivity index (χ1v) is 5.60. The van der Waals surface area contributed by atoms with Crippen LogP contribution in [0.2, 0.25) is 0 Å². The first-order valence-electron chi connectivity index (χ1n) is 5.60. The number of aryl methyl sites for hydroxylation is 2. The maximum absolute atomic E-state index is 5.87. The van der Waals surface area contributed by atoms with Gasteiger partial charge in [-0.2, -0.15) is 0 Å². The van der Waals surface area contributed by atoms with Crippen LogP contribution in [-0.2, 0) is 6.54 Å². The molecule has 2 N–H and O–H groups in total. The van der Waals surface area contributed by atoms with Crippen LogP contribution in [0, 0.1) is 13.8 Å². The molecule has 2 aromatic rings. The molecule has 3 heteroatoms. The van der Waals surface area contributed by atoms with Crippen molar-refractivity contribution >= 4 is 0 Å². The molecule has 0 aliphatic heterocycles. The fraction of sp³-hybridized carbons (Fsp3) is 0.214. The second-order valence-corrected chi connectivity index (χ2v) is 4.02. The molecule has 1 heterocycles. The Morgan fingerprint density at radius 1 is 1.18 bits per heavy atom. The molecule has 0 spiro atoms. The van der Waals surface area contributed by atoms with Crippen LogP contribution in [0.25, 0.3) is 0 Å². The van der Waals surface area contributed by atoms with Gasteiger partial charge in [0.1, 0.15) is 11.5 Å². The molecule has 3 nitrogen and oxygen atoms in total. The molecule has 2 rings (SSSR count). The van der Waals surface area contributed by atoms with Crippen LogP contribution >= 0.6 is 0 Å². The molecule has 17 heavy (non-hydrogen) atoms. The number of pyridine rings is 1. The number of aromatic nitrogens is 1. The summed E-state index contributed by atoms with van der Waals surface area (Å²) in [7, 11) is 0. The number of benzene rings is 1. The predicted molar refractivity (Wildman–Crippen MR) is 68.1 cm³/mol. The number of ether oxygens (including phenoxy) is 1. The van der Waals surface area contributed by atoms with Crippen LogP contribution in [0.15, 0.2) is 36.5 Å². The molecule has 0 aliphatic rings. The predicted octanol–water partition coefficient (Wildman–Crippen LogP) is 2.95. The topological polar surface area (TPSA) is 48.1 Å². The van der Waals surface area contributed by atoms with Crippen LogP contribution in [0.4, 0.5) is 0 Å². The third-order valence-corrected chi connectivity index (χ3v) is 2.61. The van der Waals surface area contributed by atoms with Crippen LogP contribution < -0.4 is 10.5 Å². The molecule has 0 saturated carbocycles. The van der Waals surface area contributed by atoms with E-state index in [2.05, 4.69) is 11.1 Å². The first-order chi connectivity index (χ1) is 8.20. The lowest BCUT2D eigenvalue weighted by atomic mass is 10.1. The number of nitrogens with two attached hydrogens (primary N) is 1. The smallest absolute Gasteiger partial charge is 0.150 e. The van der Waals surface area contributed by atoms with Crippen molar-refractivity contribution in [3.05, 3.63) is 53.3 Å². The Morgan fingerprint density at radius 3 is 2.76 bits per heavy atom. The Hall–Kier alpha value is -1.87. The van der Waals surface area contributed by atoms with Gasteiger partial charge in [0.15, 0.2) is 0 Å². The lowest BCUT2D eigenvalue weighted by Crippen LogP contribution is -2.02. The highest BCUT2D eigenvalue weighted by molar-refractivity contribution is 5.40. The quantitative estimate of drug-likeness (QED) is 0.878. The van der Waals surface area contributed by atoms with Crippen molar-refractivity contribution in [3.8, 4) is 11.5 Å². The van der Waals surface area contributed by atoms with Gasteiger partial charge in [-0.1, -0.05) is 12.1 Å². The molecule has 0 radical (unpaired) electrons. The van der Waals surface area contributed by atoms with Gasteiger partial charge < -0.3 is 10.5 Å². The zero-order valence-corrected chi connectivity index (χ0v) is 10.1. The maximum atomic E-state index is 5.87. The molecule has 0 fully saturated rings. The highest BCUT2D eigenvalue weighted by Gasteiger charge is 2.06. The van der Waals surface area contributed by atoms with E-state index in [0.29, 0.717) is 6.54 Å². The van der Waals surface area contributed by atoms with Gasteiger partial charge in [0.2, 0.25) is 0 Å². The molecule has 0 unspecified atom stereocenters. The minimum absolute atomic E-state index is 0.376. The minimum Gasteiger partial charge on any atom is -0.455 e. The molecule has 0 aliphatic carbocycles. The average Bonchev–Trinajstić information content (AvgIpc) is 2.34. The minimum atomic E-state index is 0.376. The molecular weight excluding hydrogens is 212 g/mol. The molecule has 1 aromatic heterocycles. The Balaban J connectivity index is 2.34. The van der Waals surface area contributed by atoms with Crippen molar-refractivity contribution in [3.63, 3.8) is 0 Å². The Kier molecular flexibility index (Phi) is 3.40. The van der Waals surface area contributed by atoms with Crippen molar-refractivity contribution in [2.75, 3.05) is 0 Å². The van der Waals surface area contributed by atoms with Crippen molar-refractivity contribution < 1.29 is 4.74 Å². The van der Waals surface area contributed by atoms with E-state index in [-0.39, 0.29) is 0 Å². The summed E-state index contributed by atoms with van der Waals surface area (Å²) in [5.41, 5.74) is 8.67. The highest BCUT2D eigenvalue weighted by atomic mass is 16.5. The van der Waals surface area contributed by atoms with Gasteiger partial charge in [-0.25, -0.2) is 0 Å². The van der Waals surface area contributed by atoms with E-state index < -0.39 is 0 Å². The molecule has 88 valence electrons. The summed E-state index contributed by atoms with van der Waals surface area (Å²) >= 11 is 0. The number of hydrogen-bond donors (Lipinski definition) is 1. The second-order valence-electron chi connectivity index (χ2n) is 4.02. The normalized spacial score (nSPS) is 10.3. The highest BCUT2D eigenvalue weighted by Crippen LogP contribution is 2.27. The summed E-state index contributed by atoms with van der Waals surface area (Å²) in [5, 5.41) is 0. The van der Waals surface area contributed by atoms with Gasteiger partial charge in [-0.3, -0.25) is 4.98 Å². The van der Waals surface area contributed by atoms with Gasteiger partial charge in [-0.05, 0) is 43.2 Å². The third kappa shape index (κ3) is 2.63. The molecule has 0 amide bonds. The molecule has 0 atom stereocenters. The zero-order chi connectivity index (χ0) is 12.3. The van der Waals surface area contributed by atoms with E-state index in [1.165, 1.54) is 5.56 Å². The summed E-state index contributed by atoms with van der Waals surface area (Å²) in [6, 6.07) is 9.86. The first kappa shape index (κ1) is 11.6. The van der Waals surface area contributed by atoms with Crippen molar-refractivity contribution in [1.29, 1.82) is 0 Å². The van der Waals surface area contributed by atoms with Crippen LogP contribution in [0.3, 0.4) is 0 Å². The van der Waals surface area contributed by atoms with Gasteiger partial charge in [0.25, 0.3) is 0 Å². The Labute approximate surface area is 101 Å². The van der Waals surface area contributed by atoms with Gasteiger partial charge in [0, 0.05) is 12.7 Å². The van der Waals surface area contributed by atoms with Gasteiger partial charge >= 0.3 is 0 Å². The summed E-state index contributed by atoms with van der Waals surface area (Å²) in [6.07, 6.45) is 1.72. The van der Waals surface area contributed by atoms with Crippen molar-refractivity contribution in [1.82, 2.24) is 4.98 Å². The molecule has 0 saturated heterocycles. The van der Waals surface area contributed by atoms with Crippen LogP contribution in [-0.4, -0.2) is 4.98 Å². The number of rotatable bonds is 3. The van der Waals surface area contributed by atoms with Crippen LogP contribution in [0.5, 0.6) is 11.5 Å². The summed E-state index contributed by atoms with van der Waals surface area (Å²) in [4.78, 5) is 4.20. The van der Waals surface area contributed by atoms with Crippen molar-refractivity contribution in [2.45, 2.75) is 20.4 Å². The largest absolute Gasteiger partial charge is 0.455 e. The van der Waals surface area contributed by atoms with E-state index in [4.69, 9.17) is 10.5 Å². The standard InChI is InChI=1S/C14H16N2O/c1-10-5-6-11(2)14(8-10)17-13-4-3-7-16-12(13)9-15/h3-8H,9,15H2,1-2H3. The Morgan fingerprint density at radius 2 is 2.00 bits per heavy atom. The van der Waals surface area contributed by atoms with Gasteiger partial charge in [-0.15, -0.1) is 0 Å². The lowest BCUT2D eigenvalue weighted by molar-refractivity contribution is 0.469. The Bertz CT molecular complexity index is 523. The van der Waals surface area contributed by atoms with E-state index in [9.17, 15) is 0 Å². The molecule has 0 bridgehead atoms. The summed E-state index contributed by atoms with van der Waals surface area (Å²) in [5.74, 6) is 1.58. The second kappa shape index (κ2) is 4.97. The zero-order valence-electron chi connectivity index (χ0n) is 10.1. The number of nitrogens with zero attached hydrogens (tertiary/aromatic N) is 1. The van der Waals surface area contributed by atoms with E-state index in [1.54, 1.807) is 6.20 Å². The monoisotopic (exact) mass is 228 g/mol. The van der Waals surface area contributed by atoms with E-state index in [0.717, 1.165) is 22.8 Å². The van der Waals surface area contributed by atoms with E-state index in [1.807, 2.05) is 38.1 Å². The molecular formula is C14H16N2O. The number of hydrogen-bond acceptors (Lipinski definition) is 3. The average molecular weight is 228 g/mol. The van der Waals surface area contributed by atoms with Crippen molar-refractivity contribution in [2.24, 2.45) is 5.73 Å². The van der Waals surface area contributed by atoms with E-state index >= 15 is 0 Å². The van der Waals surface area contributed by atoms with Gasteiger partial charge in [0.05, 0.1) is 5.69 Å². The maximum Gasteiger partial charge on any atom is 0.150 e. The summed E-state index contributed by atoms with van der Waals surface area (Å²) < 4.78 is 5.87. The lowest BCUT2D eigenvalue weighted by Gasteiger charge is -2.11. The van der Waals surface area contributed by atoms with Crippen LogP contribution in [0.1, 0.15) is 16.8 Å². The molecule has 1 aromatic carbocycles. The SMILES string of the molecule is Cc1ccc(C)c(Oc2cccnc2CN)c1. The summed E-state index contributed by atoms with van der Waals surface area (Å²) in [6.45, 7) is 4.44.